The Bertz CT molecular complexity index is 1190. The minimum Gasteiger partial charge on any atom is -0.296 e. The van der Waals surface area contributed by atoms with E-state index in [1.165, 1.54) is 30.2 Å². The highest BCUT2D eigenvalue weighted by atomic mass is 32.1. The molecule has 1 N–H and O–H groups in total. The summed E-state index contributed by atoms with van der Waals surface area (Å²) >= 11 is 1.32. The molecule has 0 atom stereocenters. The Labute approximate surface area is 170 Å². The topological polar surface area (TPSA) is 98.5 Å². The summed E-state index contributed by atoms with van der Waals surface area (Å²) in [5, 5.41) is 5.12. The molecular formula is C20H15N7OS. The van der Waals surface area contributed by atoms with Crippen molar-refractivity contribution < 1.29 is 4.79 Å². The molecule has 0 spiro atoms. The van der Waals surface area contributed by atoms with Crippen molar-refractivity contribution in [3.8, 4) is 28.9 Å². The number of nitrogens with one attached hydrogen (secondary N) is 1. The lowest BCUT2D eigenvalue weighted by atomic mass is 10.2. The second-order valence-electron chi connectivity index (χ2n) is 5.83. The lowest BCUT2D eigenvalue weighted by molar-refractivity contribution is 0.102. The number of hydrogen-bond donors (Lipinski definition) is 1. The maximum atomic E-state index is 12.7. The van der Waals surface area contributed by atoms with Gasteiger partial charge in [0.15, 0.2) is 5.13 Å². The van der Waals surface area contributed by atoms with Crippen LogP contribution >= 0.6 is 11.3 Å². The third-order valence-corrected chi connectivity index (χ3v) is 4.61. The summed E-state index contributed by atoms with van der Waals surface area (Å²) in [4.78, 5) is 33.5. The Balaban J connectivity index is 1.50. The zero-order valence-electron chi connectivity index (χ0n) is 15.4. The zero-order valence-corrected chi connectivity index (χ0v) is 16.2. The summed E-state index contributed by atoms with van der Waals surface area (Å²) in [7, 11) is 0. The van der Waals surface area contributed by atoms with Gasteiger partial charge < -0.3 is 0 Å². The molecule has 4 heterocycles. The van der Waals surface area contributed by atoms with Crippen LogP contribution in [0.2, 0.25) is 0 Å². The van der Waals surface area contributed by atoms with Crippen molar-refractivity contribution in [1.29, 1.82) is 0 Å². The number of thiazole rings is 1. The molecule has 142 valence electrons. The number of hydrogen-bond acceptors (Lipinski definition) is 7. The van der Waals surface area contributed by atoms with E-state index in [4.69, 9.17) is 0 Å². The Kier molecular flexibility index (Phi) is 5.36. The highest BCUT2D eigenvalue weighted by Crippen LogP contribution is 2.24. The molecule has 9 heteroatoms. The van der Waals surface area contributed by atoms with Crippen molar-refractivity contribution in [2.45, 2.75) is 13.3 Å². The molecular weight excluding hydrogens is 386 g/mol. The van der Waals surface area contributed by atoms with E-state index in [1.54, 1.807) is 23.2 Å². The lowest BCUT2D eigenvalue weighted by Crippen LogP contribution is -2.16. The fraction of sp³-hybridized carbons (Fsp3) is 0.100. The van der Waals surface area contributed by atoms with E-state index in [0.717, 1.165) is 17.7 Å². The SMILES string of the molecule is CCC#Cc1ccc(-c2csc(NC(=O)c3cncn3-c3cncnc3)n2)nc1. The van der Waals surface area contributed by atoms with Gasteiger partial charge in [0.1, 0.15) is 17.7 Å². The normalized spacial score (nSPS) is 10.2. The van der Waals surface area contributed by atoms with Gasteiger partial charge in [0.2, 0.25) is 0 Å². The highest BCUT2D eigenvalue weighted by molar-refractivity contribution is 7.14. The molecule has 4 aromatic rings. The number of nitrogens with zero attached hydrogens (tertiary/aromatic N) is 6. The summed E-state index contributed by atoms with van der Waals surface area (Å²) in [5.41, 5.74) is 3.26. The number of carbonyl (C=O) groups excluding carboxylic acids is 1. The van der Waals surface area contributed by atoms with Gasteiger partial charge in [-0.2, -0.15) is 0 Å². The van der Waals surface area contributed by atoms with Crippen LogP contribution in [0.15, 0.2) is 55.0 Å². The van der Waals surface area contributed by atoms with Crippen LogP contribution in [0.25, 0.3) is 17.1 Å². The van der Waals surface area contributed by atoms with Crippen LogP contribution in [0.1, 0.15) is 29.4 Å². The fourth-order valence-electron chi connectivity index (χ4n) is 2.50. The highest BCUT2D eigenvalue weighted by Gasteiger charge is 2.16. The molecule has 0 bridgehead atoms. The quantitative estimate of drug-likeness (QED) is 0.527. The van der Waals surface area contributed by atoms with Crippen LogP contribution in [0.4, 0.5) is 5.13 Å². The molecule has 8 nitrogen and oxygen atoms in total. The van der Waals surface area contributed by atoms with E-state index >= 15 is 0 Å². The number of aromatic nitrogens is 6. The summed E-state index contributed by atoms with van der Waals surface area (Å²) in [6, 6.07) is 3.77. The monoisotopic (exact) mass is 401 g/mol. The molecule has 0 aliphatic carbocycles. The largest absolute Gasteiger partial charge is 0.296 e. The maximum absolute atomic E-state index is 12.7. The number of anilines is 1. The Morgan fingerprint density at radius 3 is 2.76 bits per heavy atom. The van der Waals surface area contributed by atoms with E-state index in [9.17, 15) is 4.79 Å². The van der Waals surface area contributed by atoms with E-state index in [-0.39, 0.29) is 5.91 Å². The van der Waals surface area contributed by atoms with Gasteiger partial charge in [-0.15, -0.1) is 11.3 Å². The van der Waals surface area contributed by atoms with E-state index < -0.39 is 0 Å². The molecule has 0 radical (unpaired) electrons. The minimum atomic E-state index is -0.328. The molecule has 0 aliphatic rings. The van der Waals surface area contributed by atoms with Crippen LogP contribution in [-0.2, 0) is 0 Å². The van der Waals surface area contributed by atoms with Crippen LogP contribution < -0.4 is 5.32 Å². The molecule has 0 saturated carbocycles. The van der Waals surface area contributed by atoms with Crippen molar-refractivity contribution in [1.82, 2.24) is 29.5 Å². The van der Waals surface area contributed by atoms with Crippen molar-refractivity contribution in [3.05, 3.63) is 66.2 Å². The van der Waals surface area contributed by atoms with Crippen molar-refractivity contribution in [2.24, 2.45) is 0 Å². The number of imidazole rings is 1. The molecule has 4 rings (SSSR count). The standard InChI is InChI=1S/C20H15N7OS/c1-2-3-4-14-5-6-16(24-7-14)17-11-29-20(25-17)26-19(28)18-10-23-13-27(18)15-8-21-12-22-9-15/h5-13H,2H2,1H3,(H,25,26,28). The van der Waals surface area contributed by atoms with Gasteiger partial charge in [-0.1, -0.05) is 18.8 Å². The summed E-state index contributed by atoms with van der Waals surface area (Å²) in [5.74, 6) is 5.72. The molecule has 1 amide bonds. The van der Waals surface area contributed by atoms with Crippen molar-refractivity contribution in [2.75, 3.05) is 5.32 Å². The third-order valence-electron chi connectivity index (χ3n) is 3.86. The van der Waals surface area contributed by atoms with Crippen LogP contribution in [0, 0.1) is 11.8 Å². The zero-order chi connectivity index (χ0) is 20.1. The van der Waals surface area contributed by atoms with Gasteiger partial charge in [-0.25, -0.2) is 19.9 Å². The van der Waals surface area contributed by atoms with Gasteiger partial charge >= 0.3 is 0 Å². The van der Waals surface area contributed by atoms with Crippen LogP contribution in [0.5, 0.6) is 0 Å². The molecule has 0 aliphatic heterocycles. The van der Waals surface area contributed by atoms with Crippen molar-refractivity contribution in [3.63, 3.8) is 0 Å². The predicted octanol–water partition coefficient (Wildman–Crippen LogP) is 3.19. The second kappa shape index (κ2) is 8.41. The van der Waals surface area contributed by atoms with Gasteiger partial charge in [0, 0.05) is 23.6 Å². The first-order valence-corrected chi connectivity index (χ1v) is 9.62. The number of carbonyl (C=O) groups is 1. The minimum absolute atomic E-state index is 0.328. The molecule has 0 saturated heterocycles. The molecule has 0 unspecified atom stereocenters. The second-order valence-corrected chi connectivity index (χ2v) is 6.68. The lowest BCUT2D eigenvalue weighted by Gasteiger charge is -2.06. The van der Waals surface area contributed by atoms with E-state index in [0.29, 0.717) is 22.2 Å². The Hall–Kier alpha value is -3.90. The predicted molar refractivity (Wildman–Crippen MR) is 110 cm³/mol. The average molecular weight is 401 g/mol. The molecule has 0 aromatic carbocycles. The van der Waals surface area contributed by atoms with Gasteiger partial charge in [0.05, 0.1) is 36.3 Å². The van der Waals surface area contributed by atoms with Crippen LogP contribution in [0.3, 0.4) is 0 Å². The van der Waals surface area contributed by atoms with Crippen molar-refractivity contribution >= 4 is 22.4 Å². The summed E-state index contributed by atoms with van der Waals surface area (Å²) in [6.07, 6.45) is 10.2. The first kappa shape index (κ1) is 18.5. The average Bonchev–Trinajstić information content (AvgIpc) is 3.43. The Morgan fingerprint density at radius 2 is 2.00 bits per heavy atom. The number of amides is 1. The summed E-state index contributed by atoms with van der Waals surface area (Å²) < 4.78 is 1.61. The van der Waals surface area contributed by atoms with Crippen LogP contribution in [-0.4, -0.2) is 35.4 Å². The molecule has 4 aromatic heterocycles. The third kappa shape index (κ3) is 4.17. The first-order chi connectivity index (χ1) is 14.2. The first-order valence-electron chi connectivity index (χ1n) is 8.74. The number of pyridine rings is 1. The Morgan fingerprint density at radius 1 is 1.14 bits per heavy atom. The summed E-state index contributed by atoms with van der Waals surface area (Å²) in [6.45, 7) is 2.00. The smallest absolute Gasteiger partial charge is 0.276 e. The molecule has 29 heavy (non-hydrogen) atoms. The van der Waals surface area contributed by atoms with Gasteiger partial charge in [-0.05, 0) is 12.1 Å². The maximum Gasteiger partial charge on any atom is 0.276 e. The van der Waals surface area contributed by atoms with E-state index in [2.05, 4.69) is 42.1 Å². The van der Waals surface area contributed by atoms with Gasteiger partial charge in [-0.3, -0.25) is 19.7 Å². The molecule has 0 fully saturated rings. The number of rotatable bonds is 4. The van der Waals surface area contributed by atoms with E-state index in [1.807, 2.05) is 24.4 Å². The van der Waals surface area contributed by atoms with Gasteiger partial charge in [0.25, 0.3) is 5.91 Å². The fourth-order valence-corrected chi connectivity index (χ4v) is 3.20.